The molecule has 31 heavy (non-hydrogen) atoms. The molecule has 0 aromatic carbocycles. The average Bonchev–Trinajstić information content (AvgIpc) is 2.73. The zero-order valence-corrected chi connectivity index (χ0v) is 20.1. The van der Waals surface area contributed by atoms with Crippen molar-refractivity contribution in [1.29, 1.82) is 0 Å². The fourth-order valence-electron chi connectivity index (χ4n) is 3.29. The number of amides is 3. The summed E-state index contributed by atoms with van der Waals surface area (Å²) in [5, 5.41) is 8.13. The van der Waals surface area contributed by atoms with Crippen molar-refractivity contribution in [3.05, 3.63) is 12.2 Å². The van der Waals surface area contributed by atoms with Gasteiger partial charge in [-0.05, 0) is 32.1 Å². The highest BCUT2D eigenvalue weighted by Crippen LogP contribution is 2.09. The molecule has 0 heterocycles. The van der Waals surface area contributed by atoms with Crippen LogP contribution in [-0.4, -0.2) is 37.4 Å². The van der Waals surface area contributed by atoms with E-state index in [1.54, 1.807) is 0 Å². The SMILES string of the molecule is CCCCCCCC/C=C\CCCCCCCC(=O)NCCNC(=O)CCNC(C)=O. The normalized spacial score (nSPS) is 10.9. The van der Waals surface area contributed by atoms with Crippen LogP contribution in [0.15, 0.2) is 12.2 Å². The Labute approximate surface area is 190 Å². The maximum atomic E-state index is 11.8. The number of allylic oxidation sites excluding steroid dienone is 2. The molecule has 0 atom stereocenters. The van der Waals surface area contributed by atoms with Crippen LogP contribution >= 0.6 is 0 Å². The van der Waals surface area contributed by atoms with E-state index in [1.807, 2.05) is 0 Å². The maximum absolute atomic E-state index is 11.8. The molecule has 6 heteroatoms. The first kappa shape index (κ1) is 29.1. The summed E-state index contributed by atoms with van der Waals surface area (Å²) in [5.41, 5.74) is 0. The summed E-state index contributed by atoms with van der Waals surface area (Å²) in [7, 11) is 0. The first-order valence-corrected chi connectivity index (χ1v) is 12.5. The van der Waals surface area contributed by atoms with Gasteiger partial charge in [-0.3, -0.25) is 14.4 Å². The number of rotatable bonds is 21. The second-order valence-electron chi connectivity index (χ2n) is 8.27. The van der Waals surface area contributed by atoms with Crippen molar-refractivity contribution >= 4 is 17.7 Å². The Balaban J connectivity index is 3.33. The maximum Gasteiger partial charge on any atom is 0.221 e. The largest absolute Gasteiger partial charge is 0.356 e. The quantitative estimate of drug-likeness (QED) is 0.178. The van der Waals surface area contributed by atoms with Crippen molar-refractivity contribution in [2.75, 3.05) is 19.6 Å². The van der Waals surface area contributed by atoms with Gasteiger partial charge < -0.3 is 16.0 Å². The monoisotopic (exact) mass is 437 g/mol. The topological polar surface area (TPSA) is 87.3 Å². The molecule has 0 spiro atoms. The van der Waals surface area contributed by atoms with Gasteiger partial charge in [0, 0.05) is 39.4 Å². The molecule has 3 amide bonds. The summed E-state index contributed by atoms with van der Waals surface area (Å²) in [6.45, 7) is 4.87. The summed E-state index contributed by atoms with van der Waals surface area (Å²) < 4.78 is 0. The lowest BCUT2D eigenvalue weighted by molar-refractivity contribution is -0.123. The van der Waals surface area contributed by atoms with Crippen molar-refractivity contribution in [2.45, 2.75) is 110 Å². The van der Waals surface area contributed by atoms with Crippen LogP contribution in [0.3, 0.4) is 0 Å². The summed E-state index contributed by atoms with van der Waals surface area (Å²) in [6, 6.07) is 0. The molecule has 0 aromatic rings. The molecule has 0 aliphatic heterocycles. The van der Waals surface area contributed by atoms with E-state index in [2.05, 4.69) is 35.0 Å². The number of carbonyl (C=O) groups excluding carboxylic acids is 3. The predicted octanol–water partition coefficient (Wildman–Crippen LogP) is 4.78. The Bertz CT molecular complexity index is 492. The van der Waals surface area contributed by atoms with Gasteiger partial charge in [0.2, 0.25) is 17.7 Å². The standard InChI is InChI=1S/C25H47N3O3/c1-3-4-5-6-7-8-9-10-11-12-13-14-15-16-17-18-24(30)27-21-22-28-25(31)19-20-26-23(2)29/h10-11H,3-9,12-22H2,1-2H3,(H,26,29)(H,27,30)(H,28,31)/b11-10-. The molecule has 0 unspecified atom stereocenters. The second kappa shape index (κ2) is 22.8. The van der Waals surface area contributed by atoms with Crippen LogP contribution in [0.2, 0.25) is 0 Å². The van der Waals surface area contributed by atoms with Gasteiger partial charge in [-0.1, -0.05) is 70.4 Å². The van der Waals surface area contributed by atoms with Gasteiger partial charge >= 0.3 is 0 Å². The molecule has 0 saturated heterocycles. The van der Waals surface area contributed by atoms with E-state index in [-0.39, 0.29) is 24.1 Å². The third-order valence-corrected chi connectivity index (χ3v) is 5.16. The summed E-state index contributed by atoms with van der Waals surface area (Å²) in [4.78, 5) is 34.0. The fourth-order valence-corrected chi connectivity index (χ4v) is 3.29. The van der Waals surface area contributed by atoms with E-state index in [1.165, 1.54) is 77.6 Å². The minimum absolute atomic E-state index is 0.0464. The minimum atomic E-state index is -0.143. The highest BCUT2D eigenvalue weighted by atomic mass is 16.2. The third kappa shape index (κ3) is 24.3. The van der Waals surface area contributed by atoms with Gasteiger partial charge in [0.1, 0.15) is 0 Å². The van der Waals surface area contributed by atoms with Crippen LogP contribution in [0.1, 0.15) is 110 Å². The first-order chi connectivity index (χ1) is 15.1. The van der Waals surface area contributed by atoms with E-state index >= 15 is 0 Å². The number of carbonyl (C=O) groups is 3. The Morgan fingerprint density at radius 1 is 0.581 bits per heavy atom. The lowest BCUT2D eigenvalue weighted by Gasteiger charge is -2.07. The Kier molecular flexibility index (Phi) is 21.5. The van der Waals surface area contributed by atoms with E-state index in [0.29, 0.717) is 26.1 Å². The van der Waals surface area contributed by atoms with E-state index in [9.17, 15) is 14.4 Å². The van der Waals surface area contributed by atoms with Crippen LogP contribution < -0.4 is 16.0 Å². The molecule has 3 N–H and O–H groups in total. The number of hydrogen-bond acceptors (Lipinski definition) is 3. The molecule has 0 bridgehead atoms. The molecule has 0 aromatic heterocycles. The molecule has 180 valence electrons. The van der Waals surface area contributed by atoms with E-state index in [0.717, 1.165) is 12.8 Å². The van der Waals surface area contributed by atoms with Crippen LogP contribution in [0.5, 0.6) is 0 Å². The molecule has 0 aliphatic rings. The van der Waals surface area contributed by atoms with Gasteiger partial charge in [-0.15, -0.1) is 0 Å². The lowest BCUT2D eigenvalue weighted by atomic mass is 10.1. The Morgan fingerprint density at radius 2 is 1.06 bits per heavy atom. The van der Waals surface area contributed by atoms with Gasteiger partial charge in [-0.2, -0.15) is 0 Å². The number of nitrogens with one attached hydrogen (secondary N) is 3. The van der Waals surface area contributed by atoms with Gasteiger partial charge in [0.15, 0.2) is 0 Å². The third-order valence-electron chi connectivity index (χ3n) is 5.16. The van der Waals surface area contributed by atoms with Gasteiger partial charge in [-0.25, -0.2) is 0 Å². The molecular weight excluding hydrogens is 390 g/mol. The fraction of sp³-hybridized carbons (Fsp3) is 0.800. The smallest absolute Gasteiger partial charge is 0.221 e. The summed E-state index contributed by atoms with van der Waals surface area (Å²) in [6.07, 6.45) is 21.7. The Hall–Kier alpha value is -1.85. The molecule has 0 rings (SSSR count). The number of unbranched alkanes of at least 4 members (excludes halogenated alkanes) is 11. The molecule has 0 aliphatic carbocycles. The van der Waals surface area contributed by atoms with E-state index < -0.39 is 0 Å². The van der Waals surface area contributed by atoms with Crippen molar-refractivity contribution in [1.82, 2.24) is 16.0 Å². The minimum Gasteiger partial charge on any atom is -0.356 e. The second-order valence-corrected chi connectivity index (χ2v) is 8.27. The Morgan fingerprint density at radius 3 is 1.61 bits per heavy atom. The van der Waals surface area contributed by atoms with Crippen LogP contribution in [0.4, 0.5) is 0 Å². The van der Waals surface area contributed by atoms with E-state index in [4.69, 9.17) is 0 Å². The van der Waals surface area contributed by atoms with Gasteiger partial charge in [0.25, 0.3) is 0 Å². The molecule has 6 nitrogen and oxygen atoms in total. The van der Waals surface area contributed by atoms with Crippen molar-refractivity contribution in [3.8, 4) is 0 Å². The summed E-state index contributed by atoms with van der Waals surface area (Å²) >= 11 is 0. The van der Waals surface area contributed by atoms with Crippen molar-refractivity contribution in [2.24, 2.45) is 0 Å². The van der Waals surface area contributed by atoms with Crippen LogP contribution in [0.25, 0.3) is 0 Å². The summed E-state index contributed by atoms with van der Waals surface area (Å²) in [5.74, 6) is -0.221. The van der Waals surface area contributed by atoms with Crippen LogP contribution in [0, 0.1) is 0 Å². The van der Waals surface area contributed by atoms with Crippen molar-refractivity contribution in [3.63, 3.8) is 0 Å². The zero-order chi connectivity index (χ0) is 23.0. The van der Waals surface area contributed by atoms with Crippen LogP contribution in [-0.2, 0) is 14.4 Å². The number of hydrogen-bond donors (Lipinski definition) is 3. The lowest BCUT2D eigenvalue weighted by Crippen LogP contribution is -2.36. The molecule has 0 saturated carbocycles. The molecule has 0 fully saturated rings. The molecule has 0 radical (unpaired) electrons. The highest BCUT2D eigenvalue weighted by molar-refractivity contribution is 5.78. The first-order valence-electron chi connectivity index (χ1n) is 12.5. The van der Waals surface area contributed by atoms with Gasteiger partial charge in [0.05, 0.1) is 0 Å². The molecular formula is C25H47N3O3. The predicted molar refractivity (Wildman–Crippen MR) is 129 cm³/mol. The van der Waals surface area contributed by atoms with Crippen molar-refractivity contribution < 1.29 is 14.4 Å². The zero-order valence-electron chi connectivity index (χ0n) is 20.1. The highest BCUT2D eigenvalue weighted by Gasteiger charge is 2.03. The average molecular weight is 438 g/mol.